The van der Waals surface area contributed by atoms with Crippen LogP contribution in [0.15, 0.2) is 34.9 Å². The van der Waals surface area contributed by atoms with E-state index in [2.05, 4.69) is 63.3 Å². The third kappa shape index (κ3) is 5.45. The molecule has 0 aliphatic carbocycles. The van der Waals surface area contributed by atoms with E-state index >= 15 is 0 Å². The van der Waals surface area contributed by atoms with Gasteiger partial charge in [-0.3, -0.25) is 4.90 Å². The standard InChI is InChI=1S/C21H31N5OS/c1-4-25(5-2)20-9-7-18(8-10-20)22-21(28)26-12-6-11-24(13-14-26)16-19-15-17(3)27-23-19/h7-10,15H,4-6,11-14,16H2,1-3H3,(H,22,28). The molecule has 0 unspecified atom stereocenters. The van der Waals surface area contributed by atoms with Crippen molar-refractivity contribution in [1.29, 1.82) is 0 Å². The monoisotopic (exact) mass is 401 g/mol. The van der Waals surface area contributed by atoms with Crippen LogP contribution in [0.1, 0.15) is 31.7 Å². The van der Waals surface area contributed by atoms with Gasteiger partial charge in [0, 0.05) is 63.3 Å². The predicted molar refractivity (Wildman–Crippen MR) is 119 cm³/mol. The first-order valence-corrected chi connectivity index (χ1v) is 10.5. The molecule has 0 amide bonds. The zero-order valence-corrected chi connectivity index (χ0v) is 18.0. The van der Waals surface area contributed by atoms with Gasteiger partial charge in [0.25, 0.3) is 0 Å². The minimum atomic E-state index is 0.801. The van der Waals surface area contributed by atoms with Crippen molar-refractivity contribution in [2.24, 2.45) is 0 Å². The van der Waals surface area contributed by atoms with Gasteiger partial charge in [0.2, 0.25) is 0 Å². The van der Waals surface area contributed by atoms with Gasteiger partial charge in [-0.15, -0.1) is 0 Å². The molecular weight excluding hydrogens is 370 g/mol. The van der Waals surface area contributed by atoms with Crippen molar-refractivity contribution >= 4 is 28.7 Å². The zero-order chi connectivity index (χ0) is 19.9. The molecule has 28 heavy (non-hydrogen) atoms. The second-order valence-electron chi connectivity index (χ2n) is 7.19. The Hall–Kier alpha value is -2.12. The Morgan fingerprint density at radius 1 is 1.14 bits per heavy atom. The molecule has 0 atom stereocenters. The van der Waals surface area contributed by atoms with Gasteiger partial charge in [-0.2, -0.15) is 0 Å². The average molecular weight is 402 g/mol. The van der Waals surface area contributed by atoms with Gasteiger partial charge in [-0.1, -0.05) is 5.16 Å². The quantitative estimate of drug-likeness (QED) is 0.740. The Kier molecular flexibility index (Phi) is 7.28. The summed E-state index contributed by atoms with van der Waals surface area (Å²) in [6.07, 6.45) is 1.08. The number of hydrogen-bond acceptors (Lipinski definition) is 5. The minimum Gasteiger partial charge on any atom is -0.372 e. The molecule has 152 valence electrons. The number of hydrogen-bond donors (Lipinski definition) is 1. The van der Waals surface area contributed by atoms with Crippen molar-refractivity contribution in [3.63, 3.8) is 0 Å². The van der Waals surface area contributed by atoms with Gasteiger partial charge in [0.15, 0.2) is 5.11 Å². The second kappa shape index (κ2) is 9.89. The summed E-state index contributed by atoms with van der Waals surface area (Å²) in [4.78, 5) is 7.02. The summed E-state index contributed by atoms with van der Waals surface area (Å²) in [6, 6.07) is 10.5. The van der Waals surface area contributed by atoms with E-state index in [1.807, 2.05) is 13.0 Å². The number of benzene rings is 1. The maximum Gasteiger partial charge on any atom is 0.173 e. The molecule has 1 N–H and O–H groups in total. The van der Waals surface area contributed by atoms with E-state index < -0.39 is 0 Å². The summed E-state index contributed by atoms with van der Waals surface area (Å²) in [5.41, 5.74) is 3.29. The number of thiocarbonyl (C=S) groups is 1. The first-order chi connectivity index (χ1) is 13.6. The summed E-state index contributed by atoms with van der Waals surface area (Å²) in [6.45, 7) is 13.0. The van der Waals surface area contributed by atoms with Gasteiger partial charge in [0.05, 0.1) is 5.69 Å². The Morgan fingerprint density at radius 2 is 1.89 bits per heavy atom. The molecule has 2 heterocycles. The maximum absolute atomic E-state index is 5.68. The second-order valence-corrected chi connectivity index (χ2v) is 7.58. The SMILES string of the molecule is CCN(CC)c1ccc(NC(=S)N2CCCN(Cc3cc(C)on3)CC2)cc1. The molecule has 1 aromatic carbocycles. The molecule has 0 saturated carbocycles. The largest absolute Gasteiger partial charge is 0.372 e. The molecule has 6 nitrogen and oxygen atoms in total. The smallest absolute Gasteiger partial charge is 0.173 e. The van der Waals surface area contributed by atoms with E-state index in [-0.39, 0.29) is 0 Å². The van der Waals surface area contributed by atoms with Crippen LogP contribution < -0.4 is 10.2 Å². The Labute approximate surface area is 173 Å². The molecule has 3 rings (SSSR count). The number of anilines is 2. The lowest BCUT2D eigenvalue weighted by atomic mass is 10.2. The van der Waals surface area contributed by atoms with Crippen LogP contribution in [0.4, 0.5) is 11.4 Å². The first-order valence-electron chi connectivity index (χ1n) is 10.1. The molecule has 1 aliphatic heterocycles. The summed E-state index contributed by atoms with van der Waals surface area (Å²) in [5.74, 6) is 0.865. The van der Waals surface area contributed by atoms with Crippen LogP contribution in [-0.4, -0.2) is 59.3 Å². The summed E-state index contributed by atoms with van der Waals surface area (Å²) < 4.78 is 5.18. The highest BCUT2D eigenvalue weighted by Crippen LogP contribution is 2.18. The Balaban J connectivity index is 1.51. The molecule has 0 radical (unpaired) electrons. The van der Waals surface area contributed by atoms with E-state index in [1.165, 1.54) is 5.69 Å². The maximum atomic E-state index is 5.68. The molecule has 1 aliphatic rings. The number of aromatic nitrogens is 1. The zero-order valence-electron chi connectivity index (χ0n) is 17.1. The van der Waals surface area contributed by atoms with Gasteiger partial charge in [-0.05, 0) is 63.7 Å². The molecule has 0 bridgehead atoms. The van der Waals surface area contributed by atoms with Crippen LogP contribution in [0.3, 0.4) is 0 Å². The lowest BCUT2D eigenvalue weighted by Crippen LogP contribution is -2.37. The number of aryl methyl sites for hydroxylation is 1. The van der Waals surface area contributed by atoms with Crippen LogP contribution in [-0.2, 0) is 6.54 Å². The fraction of sp³-hybridized carbons (Fsp3) is 0.524. The Morgan fingerprint density at radius 3 is 2.54 bits per heavy atom. The van der Waals surface area contributed by atoms with Gasteiger partial charge < -0.3 is 19.6 Å². The van der Waals surface area contributed by atoms with Crippen molar-refractivity contribution in [1.82, 2.24) is 15.0 Å². The first kappa shape index (κ1) is 20.6. The third-order valence-corrected chi connectivity index (χ3v) is 5.55. The molecule has 1 fully saturated rings. The third-order valence-electron chi connectivity index (χ3n) is 5.19. The van der Waals surface area contributed by atoms with Crippen molar-refractivity contribution in [3.05, 3.63) is 41.8 Å². The number of nitrogens with zero attached hydrogens (tertiary/aromatic N) is 4. The highest BCUT2D eigenvalue weighted by molar-refractivity contribution is 7.80. The van der Waals surface area contributed by atoms with Gasteiger partial charge in [0.1, 0.15) is 5.76 Å². The lowest BCUT2D eigenvalue weighted by molar-refractivity contribution is 0.267. The van der Waals surface area contributed by atoms with Crippen LogP contribution in [0.5, 0.6) is 0 Å². The lowest BCUT2D eigenvalue weighted by Gasteiger charge is -2.25. The van der Waals surface area contributed by atoms with Crippen molar-refractivity contribution in [2.75, 3.05) is 49.5 Å². The fourth-order valence-corrected chi connectivity index (χ4v) is 3.90. The summed E-state index contributed by atoms with van der Waals surface area (Å²) in [7, 11) is 0. The molecule has 2 aromatic rings. The van der Waals surface area contributed by atoms with E-state index in [9.17, 15) is 0 Å². The highest BCUT2D eigenvalue weighted by atomic mass is 32.1. The van der Waals surface area contributed by atoms with Crippen LogP contribution in [0.2, 0.25) is 0 Å². The topological polar surface area (TPSA) is 47.8 Å². The van der Waals surface area contributed by atoms with Gasteiger partial charge >= 0.3 is 0 Å². The highest BCUT2D eigenvalue weighted by Gasteiger charge is 2.18. The predicted octanol–water partition coefficient (Wildman–Crippen LogP) is 3.73. The van der Waals surface area contributed by atoms with E-state index in [0.29, 0.717) is 0 Å². The molecule has 1 saturated heterocycles. The summed E-state index contributed by atoms with van der Waals surface area (Å²) in [5, 5.41) is 8.31. The average Bonchev–Trinajstić information content (AvgIpc) is 2.96. The van der Waals surface area contributed by atoms with Gasteiger partial charge in [-0.25, -0.2) is 0 Å². The molecule has 1 aromatic heterocycles. The van der Waals surface area contributed by atoms with Crippen molar-refractivity contribution in [3.8, 4) is 0 Å². The van der Waals surface area contributed by atoms with Crippen molar-refractivity contribution < 1.29 is 4.52 Å². The van der Waals surface area contributed by atoms with Crippen LogP contribution in [0, 0.1) is 6.92 Å². The summed E-state index contributed by atoms with van der Waals surface area (Å²) >= 11 is 5.68. The molecule has 0 spiro atoms. The van der Waals surface area contributed by atoms with E-state index in [1.54, 1.807) is 0 Å². The molecular formula is C21H31N5OS. The minimum absolute atomic E-state index is 0.801. The van der Waals surface area contributed by atoms with Crippen LogP contribution >= 0.6 is 12.2 Å². The normalized spacial score (nSPS) is 15.3. The van der Waals surface area contributed by atoms with Crippen molar-refractivity contribution in [2.45, 2.75) is 33.7 Å². The Bertz CT molecular complexity index is 756. The van der Waals surface area contributed by atoms with E-state index in [0.717, 1.165) is 74.5 Å². The van der Waals surface area contributed by atoms with Crippen LogP contribution in [0.25, 0.3) is 0 Å². The van der Waals surface area contributed by atoms with E-state index in [4.69, 9.17) is 16.7 Å². The fourth-order valence-electron chi connectivity index (χ4n) is 3.60. The number of rotatable bonds is 6. The molecule has 7 heteroatoms. The number of nitrogens with one attached hydrogen (secondary N) is 1.